The standard InChI is InChI=1S/C26H27N5O3/c27-14-17-1-3-18(4-2-17)15-30-10-7-20(8-11-30)28-25(32)19-5-6-23-21(13-19)22-16-31(26(33)34)12-9-24(22)29-23/h1-6,13,20,29H,7-12,15-16H2,(H,28,32)(H,33,34). The summed E-state index contributed by atoms with van der Waals surface area (Å²) in [5.41, 5.74) is 5.41. The second kappa shape index (κ2) is 9.20. The summed E-state index contributed by atoms with van der Waals surface area (Å²) in [5.74, 6) is -0.0895. The number of piperidine rings is 1. The van der Waals surface area contributed by atoms with E-state index in [-0.39, 0.29) is 11.9 Å². The zero-order valence-electron chi connectivity index (χ0n) is 18.9. The van der Waals surface area contributed by atoms with Gasteiger partial charge in [-0.15, -0.1) is 0 Å². The molecule has 3 N–H and O–H groups in total. The maximum absolute atomic E-state index is 13.0. The summed E-state index contributed by atoms with van der Waals surface area (Å²) < 4.78 is 0. The molecule has 8 heteroatoms. The molecule has 8 nitrogen and oxygen atoms in total. The van der Waals surface area contributed by atoms with Crippen LogP contribution in [-0.2, 0) is 19.5 Å². The number of hydrogen-bond acceptors (Lipinski definition) is 4. The summed E-state index contributed by atoms with van der Waals surface area (Å²) in [5, 5.41) is 22.4. The summed E-state index contributed by atoms with van der Waals surface area (Å²) >= 11 is 0. The number of benzene rings is 2. The minimum atomic E-state index is -0.917. The summed E-state index contributed by atoms with van der Waals surface area (Å²) in [6, 6.07) is 15.6. The lowest BCUT2D eigenvalue weighted by Gasteiger charge is -2.32. The van der Waals surface area contributed by atoms with Gasteiger partial charge in [0.15, 0.2) is 0 Å². The summed E-state index contributed by atoms with van der Waals surface area (Å²) in [7, 11) is 0. The quantitative estimate of drug-likeness (QED) is 0.555. The summed E-state index contributed by atoms with van der Waals surface area (Å²) in [6.45, 7) is 3.47. The Balaban J connectivity index is 1.20. The minimum absolute atomic E-state index is 0.0895. The molecule has 2 aromatic carbocycles. The molecule has 1 saturated heterocycles. The average Bonchev–Trinajstić information content (AvgIpc) is 3.23. The average molecular weight is 458 g/mol. The molecule has 2 aliphatic heterocycles. The molecule has 34 heavy (non-hydrogen) atoms. The second-order valence-corrected chi connectivity index (χ2v) is 9.13. The van der Waals surface area contributed by atoms with Crippen molar-refractivity contribution in [1.29, 1.82) is 5.26 Å². The molecule has 0 atom stereocenters. The van der Waals surface area contributed by atoms with Crippen molar-refractivity contribution in [3.63, 3.8) is 0 Å². The third kappa shape index (κ3) is 4.47. The number of carbonyl (C=O) groups excluding carboxylic acids is 1. The third-order valence-electron chi connectivity index (χ3n) is 6.92. The van der Waals surface area contributed by atoms with E-state index in [4.69, 9.17) is 5.26 Å². The molecule has 0 unspecified atom stereocenters. The van der Waals surface area contributed by atoms with Gasteiger partial charge in [-0.05, 0) is 48.7 Å². The number of carboxylic acid groups (broad SMARTS) is 1. The lowest BCUT2D eigenvalue weighted by Crippen LogP contribution is -2.44. The maximum Gasteiger partial charge on any atom is 0.407 e. The number of aromatic nitrogens is 1. The number of hydrogen-bond donors (Lipinski definition) is 3. The van der Waals surface area contributed by atoms with Gasteiger partial charge in [-0.25, -0.2) is 4.79 Å². The highest BCUT2D eigenvalue weighted by Crippen LogP contribution is 2.29. The van der Waals surface area contributed by atoms with Crippen LogP contribution in [0.25, 0.3) is 10.9 Å². The molecule has 1 fully saturated rings. The Morgan fingerprint density at radius 1 is 1.12 bits per heavy atom. The Morgan fingerprint density at radius 3 is 2.59 bits per heavy atom. The van der Waals surface area contributed by atoms with Crippen molar-refractivity contribution in [3.05, 3.63) is 70.4 Å². The van der Waals surface area contributed by atoms with E-state index in [2.05, 4.69) is 21.3 Å². The first-order valence-electron chi connectivity index (χ1n) is 11.6. The molecule has 3 aromatic rings. The van der Waals surface area contributed by atoms with Crippen LogP contribution in [0.5, 0.6) is 0 Å². The Bertz CT molecular complexity index is 1270. The van der Waals surface area contributed by atoms with Crippen LogP contribution in [0.4, 0.5) is 4.79 Å². The topological polar surface area (TPSA) is 112 Å². The fourth-order valence-electron chi connectivity index (χ4n) is 4.97. The van der Waals surface area contributed by atoms with Crippen LogP contribution >= 0.6 is 0 Å². The lowest BCUT2D eigenvalue weighted by molar-refractivity contribution is 0.0909. The molecule has 1 aromatic heterocycles. The van der Waals surface area contributed by atoms with Crippen LogP contribution < -0.4 is 5.32 Å². The van der Waals surface area contributed by atoms with E-state index < -0.39 is 6.09 Å². The van der Waals surface area contributed by atoms with Crippen LogP contribution in [0.1, 0.15) is 45.6 Å². The van der Waals surface area contributed by atoms with Crippen LogP contribution in [0.2, 0.25) is 0 Å². The predicted octanol–water partition coefficient (Wildman–Crippen LogP) is 3.47. The lowest BCUT2D eigenvalue weighted by atomic mass is 10.0. The molecule has 0 aliphatic carbocycles. The predicted molar refractivity (Wildman–Crippen MR) is 127 cm³/mol. The first-order valence-corrected chi connectivity index (χ1v) is 11.6. The monoisotopic (exact) mass is 457 g/mol. The smallest absolute Gasteiger partial charge is 0.407 e. The number of carbonyl (C=O) groups is 2. The summed E-state index contributed by atoms with van der Waals surface area (Å²) in [6.07, 6.45) is 1.51. The Morgan fingerprint density at radius 2 is 1.88 bits per heavy atom. The van der Waals surface area contributed by atoms with E-state index in [0.717, 1.165) is 54.6 Å². The van der Waals surface area contributed by atoms with Crippen molar-refractivity contribution in [3.8, 4) is 6.07 Å². The molecule has 2 aliphatic rings. The van der Waals surface area contributed by atoms with Gasteiger partial charge in [0.25, 0.3) is 5.91 Å². The van der Waals surface area contributed by atoms with Gasteiger partial charge in [-0.1, -0.05) is 12.1 Å². The largest absolute Gasteiger partial charge is 0.465 e. The van der Waals surface area contributed by atoms with Crippen molar-refractivity contribution in [1.82, 2.24) is 20.1 Å². The number of fused-ring (bicyclic) bond motifs is 3. The van der Waals surface area contributed by atoms with Gasteiger partial charge in [0.2, 0.25) is 0 Å². The molecule has 3 heterocycles. The zero-order valence-corrected chi connectivity index (χ0v) is 18.9. The SMILES string of the molecule is N#Cc1ccc(CN2CCC(NC(=O)c3ccc4[nH]c5c(c4c3)CN(C(=O)O)CC5)CC2)cc1. The molecule has 0 saturated carbocycles. The highest BCUT2D eigenvalue weighted by Gasteiger charge is 2.25. The van der Waals surface area contributed by atoms with Crippen LogP contribution in [0, 0.1) is 11.3 Å². The molecule has 2 amide bonds. The highest BCUT2D eigenvalue weighted by atomic mass is 16.4. The maximum atomic E-state index is 13.0. The first-order chi connectivity index (χ1) is 16.5. The first kappa shape index (κ1) is 22.0. The summed E-state index contributed by atoms with van der Waals surface area (Å²) in [4.78, 5) is 31.6. The highest BCUT2D eigenvalue weighted by molar-refractivity contribution is 5.99. The molecule has 174 valence electrons. The van der Waals surface area contributed by atoms with Crippen molar-refractivity contribution in [2.45, 2.75) is 38.4 Å². The van der Waals surface area contributed by atoms with Crippen LogP contribution in [0.3, 0.4) is 0 Å². The van der Waals surface area contributed by atoms with Crippen molar-refractivity contribution >= 4 is 22.9 Å². The van der Waals surface area contributed by atoms with Crippen LogP contribution in [0.15, 0.2) is 42.5 Å². The van der Waals surface area contributed by atoms with Gasteiger partial charge in [0.05, 0.1) is 18.2 Å². The van der Waals surface area contributed by atoms with E-state index in [0.29, 0.717) is 30.6 Å². The minimum Gasteiger partial charge on any atom is -0.465 e. The van der Waals surface area contributed by atoms with Gasteiger partial charge >= 0.3 is 6.09 Å². The molecular formula is C26H27N5O3. The third-order valence-corrected chi connectivity index (χ3v) is 6.92. The van der Waals surface area contributed by atoms with Gasteiger partial charge in [-0.3, -0.25) is 9.69 Å². The van der Waals surface area contributed by atoms with Crippen molar-refractivity contribution < 1.29 is 14.7 Å². The Labute approximate surface area is 197 Å². The zero-order chi connectivity index (χ0) is 23.7. The van der Waals surface area contributed by atoms with Gasteiger partial charge in [-0.2, -0.15) is 5.26 Å². The van der Waals surface area contributed by atoms with Gasteiger partial charge in [0.1, 0.15) is 0 Å². The van der Waals surface area contributed by atoms with Crippen LogP contribution in [-0.4, -0.2) is 57.6 Å². The van der Waals surface area contributed by atoms with E-state index in [1.54, 1.807) is 0 Å². The number of H-pyrrole nitrogens is 1. The van der Waals surface area contributed by atoms with E-state index in [1.807, 2.05) is 42.5 Å². The number of nitrogens with zero attached hydrogens (tertiary/aromatic N) is 3. The normalized spacial score (nSPS) is 16.7. The molecular weight excluding hydrogens is 430 g/mol. The molecule has 0 spiro atoms. The molecule has 0 bridgehead atoms. The van der Waals surface area contributed by atoms with Gasteiger partial charge in [0, 0.05) is 66.4 Å². The fraction of sp³-hybridized carbons (Fsp3) is 0.346. The number of likely N-dealkylation sites (tertiary alicyclic amines) is 1. The van der Waals surface area contributed by atoms with Crippen molar-refractivity contribution in [2.75, 3.05) is 19.6 Å². The van der Waals surface area contributed by atoms with E-state index in [9.17, 15) is 14.7 Å². The van der Waals surface area contributed by atoms with Gasteiger partial charge < -0.3 is 20.3 Å². The number of amides is 2. The van der Waals surface area contributed by atoms with E-state index >= 15 is 0 Å². The fourth-order valence-corrected chi connectivity index (χ4v) is 4.97. The number of nitrogens with one attached hydrogen (secondary N) is 2. The number of rotatable bonds is 4. The molecule has 5 rings (SSSR count). The number of nitriles is 1. The second-order valence-electron chi connectivity index (χ2n) is 9.13. The Kier molecular flexibility index (Phi) is 5.95. The van der Waals surface area contributed by atoms with Crippen molar-refractivity contribution in [2.24, 2.45) is 0 Å². The van der Waals surface area contributed by atoms with E-state index in [1.165, 1.54) is 10.5 Å². The Hall–Kier alpha value is -3.83. The molecule has 0 radical (unpaired) electrons. The number of aromatic amines is 1.